The van der Waals surface area contributed by atoms with Crippen LogP contribution in [-0.2, 0) is 10.0 Å². The molecule has 0 saturated carbocycles. The number of benzene rings is 1. The van der Waals surface area contributed by atoms with Gasteiger partial charge in [-0.3, -0.25) is 4.98 Å². The number of sulfonamides is 1. The zero-order chi connectivity index (χ0) is 20.3. The molecule has 0 amide bonds. The number of methoxy groups -OCH3 is 1. The summed E-state index contributed by atoms with van der Waals surface area (Å²) in [6, 6.07) is 15.9. The number of aromatic nitrogens is 3. The number of rotatable bonds is 5. The van der Waals surface area contributed by atoms with E-state index in [1.807, 2.05) is 35.2 Å². The van der Waals surface area contributed by atoms with Gasteiger partial charge in [-0.25, -0.2) is 8.42 Å². The van der Waals surface area contributed by atoms with E-state index in [4.69, 9.17) is 4.74 Å². The molecule has 1 fully saturated rings. The largest absolute Gasteiger partial charge is 0.497 e. The van der Waals surface area contributed by atoms with Gasteiger partial charge in [-0.05, 0) is 36.4 Å². The van der Waals surface area contributed by atoms with Gasteiger partial charge in [0.2, 0.25) is 10.0 Å². The molecule has 9 heteroatoms. The van der Waals surface area contributed by atoms with Crippen molar-refractivity contribution in [2.24, 2.45) is 0 Å². The number of hydrogen-bond donors (Lipinski definition) is 0. The summed E-state index contributed by atoms with van der Waals surface area (Å²) in [6.07, 6.45) is 1.72. The minimum absolute atomic E-state index is 0.241. The second kappa shape index (κ2) is 8.14. The highest BCUT2D eigenvalue weighted by Gasteiger charge is 2.29. The Morgan fingerprint density at radius 3 is 2.38 bits per heavy atom. The predicted molar refractivity (Wildman–Crippen MR) is 109 cm³/mol. The van der Waals surface area contributed by atoms with E-state index in [9.17, 15) is 8.42 Å². The van der Waals surface area contributed by atoms with Gasteiger partial charge in [0.1, 0.15) is 11.4 Å². The van der Waals surface area contributed by atoms with E-state index in [2.05, 4.69) is 15.2 Å². The number of anilines is 1. The van der Waals surface area contributed by atoms with E-state index >= 15 is 0 Å². The van der Waals surface area contributed by atoms with E-state index in [-0.39, 0.29) is 4.90 Å². The van der Waals surface area contributed by atoms with Crippen LogP contribution in [0.1, 0.15) is 0 Å². The Bertz CT molecular complexity index is 1070. The lowest BCUT2D eigenvalue weighted by molar-refractivity contribution is 0.382. The standard InChI is InChI=1S/C20H21N5O3S/c1-28-16-5-4-6-17(15-16)29(26,27)25-13-11-24(12-14-25)20-9-8-19(22-23-20)18-7-2-3-10-21-18/h2-10,15H,11-14H2,1H3. The molecular formula is C20H21N5O3S. The maximum absolute atomic E-state index is 12.9. The Morgan fingerprint density at radius 2 is 1.72 bits per heavy atom. The van der Waals surface area contributed by atoms with Crippen molar-refractivity contribution in [3.8, 4) is 17.1 Å². The molecule has 2 aromatic heterocycles. The lowest BCUT2D eigenvalue weighted by atomic mass is 10.2. The van der Waals surface area contributed by atoms with E-state index in [1.165, 1.54) is 11.4 Å². The summed E-state index contributed by atoms with van der Waals surface area (Å²) >= 11 is 0. The van der Waals surface area contributed by atoms with Crippen molar-refractivity contribution in [3.05, 3.63) is 60.8 Å². The van der Waals surface area contributed by atoms with Gasteiger partial charge in [0.25, 0.3) is 0 Å². The number of hydrogen-bond acceptors (Lipinski definition) is 7. The molecule has 8 nitrogen and oxygen atoms in total. The van der Waals surface area contributed by atoms with E-state index < -0.39 is 10.0 Å². The zero-order valence-corrected chi connectivity index (χ0v) is 16.8. The third-order valence-electron chi connectivity index (χ3n) is 4.82. The van der Waals surface area contributed by atoms with Crippen LogP contribution in [-0.4, -0.2) is 61.2 Å². The maximum atomic E-state index is 12.9. The molecule has 1 aliphatic heterocycles. The van der Waals surface area contributed by atoms with Gasteiger partial charge in [0.05, 0.1) is 17.7 Å². The fourth-order valence-electron chi connectivity index (χ4n) is 3.21. The van der Waals surface area contributed by atoms with E-state index in [0.29, 0.717) is 37.6 Å². The van der Waals surface area contributed by atoms with Crippen LogP contribution in [0.5, 0.6) is 5.75 Å². The third-order valence-corrected chi connectivity index (χ3v) is 6.71. The van der Waals surface area contributed by atoms with Crippen LogP contribution in [0.3, 0.4) is 0 Å². The third kappa shape index (κ3) is 4.06. The van der Waals surface area contributed by atoms with Gasteiger partial charge in [0.15, 0.2) is 5.82 Å². The Hall–Kier alpha value is -3.04. The summed E-state index contributed by atoms with van der Waals surface area (Å²) in [7, 11) is -2.04. The van der Waals surface area contributed by atoms with Crippen molar-refractivity contribution < 1.29 is 13.2 Å². The van der Waals surface area contributed by atoms with Gasteiger partial charge in [-0.15, -0.1) is 10.2 Å². The Kier molecular flexibility index (Phi) is 5.41. The zero-order valence-electron chi connectivity index (χ0n) is 16.0. The maximum Gasteiger partial charge on any atom is 0.243 e. The molecule has 0 bridgehead atoms. The van der Waals surface area contributed by atoms with Gasteiger partial charge in [0, 0.05) is 38.4 Å². The molecule has 0 spiro atoms. The van der Waals surface area contributed by atoms with Crippen molar-refractivity contribution in [2.45, 2.75) is 4.90 Å². The Labute approximate surface area is 169 Å². The van der Waals surface area contributed by atoms with Crippen LogP contribution in [0, 0.1) is 0 Å². The average molecular weight is 411 g/mol. The van der Waals surface area contributed by atoms with Crippen LogP contribution in [0.15, 0.2) is 65.7 Å². The summed E-state index contributed by atoms with van der Waals surface area (Å²) in [6.45, 7) is 1.84. The molecule has 0 atom stereocenters. The summed E-state index contributed by atoms with van der Waals surface area (Å²) in [5.74, 6) is 1.25. The van der Waals surface area contributed by atoms with Crippen LogP contribution < -0.4 is 9.64 Å². The van der Waals surface area contributed by atoms with Gasteiger partial charge < -0.3 is 9.64 Å². The lowest BCUT2D eigenvalue weighted by Crippen LogP contribution is -2.49. The molecule has 150 valence electrons. The van der Waals surface area contributed by atoms with Crippen LogP contribution in [0.4, 0.5) is 5.82 Å². The van der Waals surface area contributed by atoms with E-state index in [1.54, 1.807) is 30.5 Å². The highest BCUT2D eigenvalue weighted by atomic mass is 32.2. The van der Waals surface area contributed by atoms with E-state index in [0.717, 1.165) is 11.5 Å². The highest BCUT2D eigenvalue weighted by Crippen LogP contribution is 2.23. The highest BCUT2D eigenvalue weighted by molar-refractivity contribution is 7.89. The number of nitrogens with zero attached hydrogens (tertiary/aromatic N) is 5. The second-order valence-electron chi connectivity index (χ2n) is 6.56. The Morgan fingerprint density at radius 1 is 0.897 bits per heavy atom. The first-order valence-electron chi connectivity index (χ1n) is 9.22. The molecule has 3 heterocycles. The molecule has 29 heavy (non-hydrogen) atoms. The number of pyridine rings is 1. The first-order valence-corrected chi connectivity index (χ1v) is 10.7. The van der Waals surface area contributed by atoms with Gasteiger partial charge in [-0.1, -0.05) is 12.1 Å². The quantitative estimate of drug-likeness (QED) is 0.635. The fraction of sp³-hybridized carbons (Fsp3) is 0.250. The summed E-state index contributed by atoms with van der Waals surface area (Å²) in [5, 5.41) is 8.56. The minimum atomic E-state index is -3.56. The minimum Gasteiger partial charge on any atom is -0.497 e. The first kappa shape index (κ1) is 19.3. The average Bonchev–Trinajstić information content (AvgIpc) is 2.80. The van der Waals surface area contributed by atoms with Crippen LogP contribution in [0.25, 0.3) is 11.4 Å². The van der Waals surface area contributed by atoms with Crippen molar-refractivity contribution in [1.29, 1.82) is 0 Å². The van der Waals surface area contributed by atoms with Crippen molar-refractivity contribution in [3.63, 3.8) is 0 Å². The number of ether oxygens (including phenoxy) is 1. The lowest BCUT2D eigenvalue weighted by Gasteiger charge is -2.34. The molecular weight excluding hydrogens is 390 g/mol. The molecule has 0 unspecified atom stereocenters. The van der Waals surface area contributed by atoms with Gasteiger partial charge >= 0.3 is 0 Å². The normalized spacial score (nSPS) is 15.3. The fourth-order valence-corrected chi connectivity index (χ4v) is 4.67. The molecule has 1 aliphatic rings. The summed E-state index contributed by atoms with van der Waals surface area (Å²) in [5.41, 5.74) is 1.47. The Balaban J connectivity index is 1.44. The topological polar surface area (TPSA) is 88.5 Å². The monoisotopic (exact) mass is 411 g/mol. The van der Waals surface area contributed by atoms with Crippen LogP contribution >= 0.6 is 0 Å². The molecule has 1 aromatic carbocycles. The van der Waals surface area contributed by atoms with Crippen LogP contribution in [0.2, 0.25) is 0 Å². The smallest absolute Gasteiger partial charge is 0.243 e. The summed E-state index contributed by atoms with van der Waals surface area (Å²) in [4.78, 5) is 6.55. The number of piperazine rings is 1. The molecule has 1 saturated heterocycles. The summed E-state index contributed by atoms with van der Waals surface area (Å²) < 4.78 is 32.5. The SMILES string of the molecule is COc1cccc(S(=O)(=O)N2CCN(c3ccc(-c4ccccn4)nn3)CC2)c1. The molecule has 4 rings (SSSR count). The molecule has 0 N–H and O–H groups in total. The molecule has 3 aromatic rings. The van der Waals surface area contributed by atoms with Gasteiger partial charge in [-0.2, -0.15) is 4.31 Å². The van der Waals surface area contributed by atoms with Crippen molar-refractivity contribution >= 4 is 15.8 Å². The molecule has 0 aliphatic carbocycles. The molecule has 0 radical (unpaired) electrons. The second-order valence-corrected chi connectivity index (χ2v) is 8.50. The predicted octanol–water partition coefficient (Wildman–Crippen LogP) is 2.06. The van der Waals surface area contributed by atoms with Crippen molar-refractivity contribution in [2.75, 3.05) is 38.2 Å². The van der Waals surface area contributed by atoms with Crippen molar-refractivity contribution in [1.82, 2.24) is 19.5 Å². The first-order chi connectivity index (χ1) is 14.1.